The predicted octanol–water partition coefficient (Wildman–Crippen LogP) is 2.33. The van der Waals surface area contributed by atoms with Crippen LogP contribution in [0.3, 0.4) is 0 Å². The molecule has 2 rings (SSSR count). The molecule has 6 nitrogen and oxygen atoms in total. The van der Waals surface area contributed by atoms with Crippen molar-refractivity contribution in [2.24, 2.45) is 0 Å². The Morgan fingerprint density at radius 3 is 2.50 bits per heavy atom. The molecule has 0 saturated carbocycles. The number of hydrogen-bond donors (Lipinski definition) is 3. The Kier molecular flexibility index (Phi) is 7.70. The van der Waals surface area contributed by atoms with Gasteiger partial charge >= 0.3 is 0 Å². The van der Waals surface area contributed by atoms with Gasteiger partial charge in [0.05, 0.1) is 7.11 Å². The zero-order valence-corrected chi connectivity index (χ0v) is 15.7. The first-order valence-corrected chi connectivity index (χ1v) is 8.69. The number of rotatable bonds is 7. The zero-order chi connectivity index (χ0) is 18.8. The molecule has 1 amide bonds. The van der Waals surface area contributed by atoms with Gasteiger partial charge in [-0.25, -0.2) is 0 Å². The molecule has 0 bridgehead atoms. The number of thiocarbonyl (C=S) groups is 1. The van der Waals surface area contributed by atoms with Crippen molar-refractivity contribution in [3.8, 4) is 11.5 Å². The Bertz CT molecular complexity index is 735. The minimum atomic E-state index is -0.319. The van der Waals surface area contributed by atoms with Crippen LogP contribution in [-0.4, -0.2) is 24.7 Å². The van der Waals surface area contributed by atoms with Gasteiger partial charge in [0.1, 0.15) is 11.5 Å². The topological polar surface area (TPSA) is 71.6 Å². The molecule has 0 atom stereocenters. The number of amides is 1. The summed E-state index contributed by atoms with van der Waals surface area (Å²) in [4.78, 5) is 11.8. The first-order chi connectivity index (χ1) is 12.6. The molecule has 0 aliphatic carbocycles. The minimum Gasteiger partial charge on any atom is -0.497 e. The van der Waals surface area contributed by atoms with Gasteiger partial charge in [-0.2, -0.15) is 0 Å². The number of hydrogen-bond acceptors (Lipinski definition) is 4. The van der Waals surface area contributed by atoms with Gasteiger partial charge in [0.2, 0.25) is 0 Å². The van der Waals surface area contributed by atoms with E-state index in [-0.39, 0.29) is 12.5 Å². The number of benzene rings is 2. The van der Waals surface area contributed by atoms with E-state index in [0.717, 1.165) is 23.3 Å². The van der Waals surface area contributed by atoms with Crippen LogP contribution in [0.2, 0.25) is 0 Å². The molecule has 26 heavy (non-hydrogen) atoms. The lowest BCUT2D eigenvalue weighted by molar-refractivity contribution is -0.123. The fourth-order valence-corrected chi connectivity index (χ4v) is 2.26. The van der Waals surface area contributed by atoms with Crippen molar-refractivity contribution in [3.05, 3.63) is 59.7 Å². The largest absolute Gasteiger partial charge is 0.497 e. The molecule has 0 aromatic heterocycles. The molecular weight excluding hydrogens is 350 g/mol. The lowest BCUT2D eigenvalue weighted by Gasteiger charge is -2.12. The second-order valence-electron chi connectivity index (χ2n) is 5.49. The van der Waals surface area contributed by atoms with Crippen molar-refractivity contribution in [3.63, 3.8) is 0 Å². The van der Waals surface area contributed by atoms with Gasteiger partial charge in [-0.1, -0.05) is 31.2 Å². The second kappa shape index (κ2) is 10.2. The van der Waals surface area contributed by atoms with E-state index in [2.05, 4.69) is 23.1 Å². The normalized spacial score (nSPS) is 9.92. The van der Waals surface area contributed by atoms with Crippen LogP contribution in [0.25, 0.3) is 0 Å². The van der Waals surface area contributed by atoms with Crippen LogP contribution in [0.5, 0.6) is 11.5 Å². The summed E-state index contributed by atoms with van der Waals surface area (Å²) >= 11 is 5.13. The first kappa shape index (κ1) is 19.5. The van der Waals surface area contributed by atoms with Crippen LogP contribution in [-0.2, 0) is 17.8 Å². The molecule has 0 radical (unpaired) electrons. The summed E-state index contributed by atoms with van der Waals surface area (Å²) < 4.78 is 10.6. The quantitative estimate of drug-likeness (QED) is 0.511. The average Bonchev–Trinajstić information content (AvgIpc) is 2.69. The molecule has 0 spiro atoms. The highest BCUT2D eigenvalue weighted by molar-refractivity contribution is 7.80. The molecular formula is C19H23N3O3S. The third-order valence-corrected chi connectivity index (χ3v) is 3.85. The Labute approximate surface area is 158 Å². The van der Waals surface area contributed by atoms with Crippen LogP contribution in [0.15, 0.2) is 48.5 Å². The summed E-state index contributed by atoms with van der Waals surface area (Å²) in [6, 6.07) is 15.3. The van der Waals surface area contributed by atoms with E-state index in [1.165, 1.54) is 0 Å². The van der Waals surface area contributed by atoms with Gasteiger partial charge in [-0.15, -0.1) is 0 Å². The van der Waals surface area contributed by atoms with Gasteiger partial charge in [-0.05, 0) is 54.0 Å². The van der Waals surface area contributed by atoms with E-state index in [1.807, 2.05) is 48.5 Å². The fourth-order valence-electron chi connectivity index (χ4n) is 2.14. The third-order valence-electron chi connectivity index (χ3n) is 3.60. The lowest BCUT2D eigenvalue weighted by Crippen LogP contribution is -2.48. The summed E-state index contributed by atoms with van der Waals surface area (Å²) in [5.41, 5.74) is 7.35. The zero-order valence-electron chi connectivity index (χ0n) is 14.9. The monoisotopic (exact) mass is 373 g/mol. The summed E-state index contributed by atoms with van der Waals surface area (Å²) in [7, 11) is 1.62. The maximum atomic E-state index is 11.8. The van der Waals surface area contributed by atoms with Crippen LogP contribution in [0.1, 0.15) is 18.1 Å². The van der Waals surface area contributed by atoms with Crippen LogP contribution in [0, 0.1) is 0 Å². The number of carbonyl (C=O) groups is 1. The summed E-state index contributed by atoms with van der Waals surface area (Å²) in [6.07, 6.45) is 0.916. The molecule has 138 valence electrons. The van der Waals surface area contributed by atoms with E-state index >= 15 is 0 Å². The molecule has 0 heterocycles. The highest BCUT2D eigenvalue weighted by Crippen LogP contribution is 2.13. The van der Waals surface area contributed by atoms with Crippen molar-refractivity contribution >= 4 is 23.2 Å². The van der Waals surface area contributed by atoms with Crippen molar-refractivity contribution in [1.29, 1.82) is 0 Å². The Hall–Kier alpha value is -2.80. The predicted molar refractivity (Wildman–Crippen MR) is 105 cm³/mol. The number of hydrazine groups is 1. The van der Waals surface area contributed by atoms with Gasteiger partial charge in [-0.3, -0.25) is 15.6 Å². The molecule has 0 saturated heterocycles. The van der Waals surface area contributed by atoms with E-state index in [0.29, 0.717) is 17.4 Å². The summed E-state index contributed by atoms with van der Waals surface area (Å²) in [5.74, 6) is 1.14. The molecule has 3 N–H and O–H groups in total. The Morgan fingerprint density at radius 1 is 1.04 bits per heavy atom. The summed E-state index contributed by atoms with van der Waals surface area (Å²) in [6.45, 7) is 2.50. The van der Waals surface area contributed by atoms with E-state index in [4.69, 9.17) is 21.7 Å². The second-order valence-corrected chi connectivity index (χ2v) is 5.90. The van der Waals surface area contributed by atoms with E-state index in [1.54, 1.807) is 7.11 Å². The van der Waals surface area contributed by atoms with Crippen molar-refractivity contribution in [1.82, 2.24) is 16.2 Å². The van der Waals surface area contributed by atoms with E-state index in [9.17, 15) is 4.79 Å². The number of aryl methyl sites for hydroxylation is 1. The molecule has 2 aromatic rings. The molecule has 0 aliphatic heterocycles. The minimum absolute atomic E-state index is 0.0960. The van der Waals surface area contributed by atoms with Gasteiger partial charge in [0, 0.05) is 6.54 Å². The number of carbonyl (C=O) groups excluding carboxylic acids is 1. The average molecular weight is 373 g/mol. The van der Waals surface area contributed by atoms with Gasteiger partial charge in [0.25, 0.3) is 5.91 Å². The third kappa shape index (κ3) is 6.60. The van der Waals surface area contributed by atoms with Gasteiger partial charge < -0.3 is 14.8 Å². The number of methoxy groups -OCH3 is 1. The smallest absolute Gasteiger partial charge is 0.276 e. The fraction of sp³-hybridized carbons (Fsp3) is 0.263. The molecule has 7 heteroatoms. The first-order valence-electron chi connectivity index (χ1n) is 8.28. The molecule has 0 fully saturated rings. The van der Waals surface area contributed by atoms with Gasteiger partial charge in [0.15, 0.2) is 11.7 Å². The maximum Gasteiger partial charge on any atom is 0.276 e. The summed E-state index contributed by atoms with van der Waals surface area (Å²) in [5, 5.41) is 3.33. The highest BCUT2D eigenvalue weighted by atomic mass is 32.1. The van der Waals surface area contributed by atoms with Crippen molar-refractivity contribution in [2.45, 2.75) is 19.9 Å². The Balaban J connectivity index is 1.66. The SMILES string of the molecule is CCc1cccc(OCC(=O)NNC(=S)NCc2ccc(OC)cc2)c1. The lowest BCUT2D eigenvalue weighted by atomic mass is 10.2. The number of nitrogens with one attached hydrogen (secondary N) is 3. The molecule has 0 aliphatic rings. The van der Waals surface area contributed by atoms with Crippen LogP contribution in [0.4, 0.5) is 0 Å². The van der Waals surface area contributed by atoms with Crippen LogP contribution < -0.4 is 25.6 Å². The standard InChI is InChI=1S/C19H23N3O3S/c1-3-14-5-4-6-17(11-14)25-13-18(23)21-22-19(26)20-12-15-7-9-16(24-2)10-8-15/h4-11H,3,12-13H2,1-2H3,(H,21,23)(H2,20,22,26). The maximum absolute atomic E-state index is 11.8. The van der Waals surface area contributed by atoms with Crippen LogP contribution >= 0.6 is 12.2 Å². The van der Waals surface area contributed by atoms with Crippen molar-refractivity contribution < 1.29 is 14.3 Å². The number of ether oxygens (including phenoxy) is 2. The molecule has 2 aromatic carbocycles. The van der Waals surface area contributed by atoms with Crippen molar-refractivity contribution in [2.75, 3.05) is 13.7 Å². The molecule has 0 unspecified atom stereocenters. The highest BCUT2D eigenvalue weighted by Gasteiger charge is 2.04. The van der Waals surface area contributed by atoms with E-state index < -0.39 is 0 Å². The Morgan fingerprint density at radius 2 is 1.81 bits per heavy atom.